The van der Waals surface area contributed by atoms with E-state index >= 15 is 0 Å². The molecule has 2 aromatic rings. The Bertz CT molecular complexity index is 521. The third-order valence-electron chi connectivity index (χ3n) is 3.94. The van der Waals surface area contributed by atoms with Crippen LogP contribution >= 0.6 is 0 Å². The Morgan fingerprint density at radius 3 is 2.80 bits per heavy atom. The van der Waals surface area contributed by atoms with Gasteiger partial charge in [0.1, 0.15) is 12.4 Å². The van der Waals surface area contributed by atoms with E-state index in [1.165, 1.54) is 19.4 Å². The largest absolute Gasteiger partial charge is 0.492 e. The summed E-state index contributed by atoms with van der Waals surface area (Å²) in [6.45, 7) is 5.28. The maximum Gasteiger partial charge on any atom is 0.119 e. The van der Waals surface area contributed by atoms with Crippen LogP contribution in [-0.4, -0.2) is 40.4 Å². The molecule has 4 heteroatoms. The van der Waals surface area contributed by atoms with E-state index in [2.05, 4.69) is 16.9 Å². The van der Waals surface area contributed by atoms with E-state index in [1.54, 1.807) is 6.20 Å². The molecule has 1 aliphatic rings. The summed E-state index contributed by atoms with van der Waals surface area (Å²) in [5.74, 6) is 0.924. The summed E-state index contributed by atoms with van der Waals surface area (Å²) in [5, 5.41) is 4.21. The van der Waals surface area contributed by atoms with Gasteiger partial charge in [0, 0.05) is 25.0 Å². The molecule has 0 unspecified atom stereocenters. The number of ether oxygens (including phenoxy) is 1. The van der Waals surface area contributed by atoms with Crippen LogP contribution in [-0.2, 0) is 0 Å². The van der Waals surface area contributed by atoms with Crippen molar-refractivity contribution in [1.82, 2.24) is 14.7 Å². The van der Waals surface area contributed by atoms with Crippen molar-refractivity contribution in [2.45, 2.75) is 25.8 Å². The number of benzene rings is 1. The smallest absolute Gasteiger partial charge is 0.119 e. The lowest BCUT2D eigenvalue weighted by Gasteiger charge is -2.20. The van der Waals surface area contributed by atoms with Crippen LogP contribution in [0.3, 0.4) is 0 Å². The highest BCUT2D eigenvalue weighted by Crippen LogP contribution is 2.17. The van der Waals surface area contributed by atoms with Gasteiger partial charge < -0.3 is 4.74 Å². The minimum Gasteiger partial charge on any atom is -0.492 e. The second-order valence-electron chi connectivity index (χ2n) is 5.32. The van der Waals surface area contributed by atoms with E-state index in [1.807, 2.05) is 41.2 Å². The molecule has 106 valence electrons. The molecule has 1 fully saturated rings. The fraction of sp³-hybridized carbons (Fsp3) is 0.438. The van der Waals surface area contributed by atoms with E-state index in [-0.39, 0.29) is 0 Å². The Morgan fingerprint density at radius 2 is 2.15 bits per heavy atom. The van der Waals surface area contributed by atoms with Gasteiger partial charge in [0.05, 0.1) is 5.69 Å². The highest BCUT2D eigenvalue weighted by Gasteiger charge is 2.19. The zero-order valence-corrected chi connectivity index (χ0v) is 11.9. The van der Waals surface area contributed by atoms with Crippen molar-refractivity contribution in [3.05, 3.63) is 42.7 Å². The van der Waals surface area contributed by atoms with Crippen LogP contribution in [0.4, 0.5) is 0 Å². The zero-order chi connectivity index (χ0) is 13.8. The second-order valence-corrected chi connectivity index (χ2v) is 5.32. The van der Waals surface area contributed by atoms with Crippen molar-refractivity contribution >= 4 is 0 Å². The lowest BCUT2D eigenvalue weighted by molar-refractivity contribution is 0.204. The summed E-state index contributed by atoms with van der Waals surface area (Å²) >= 11 is 0. The monoisotopic (exact) mass is 271 g/mol. The average Bonchev–Trinajstić information content (AvgIpc) is 3.12. The van der Waals surface area contributed by atoms with E-state index in [9.17, 15) is 0 Å². The maximum atomic E-state index is 5.82. The number of likely N-dealkylation sites (tertiary alicyclic amines) is 1. The topological polar surface area (TPSA) is 30.3 Å². The molecule has 1 aliphatic heterocycles. The number of hydrogen-bond acceptors (Lipinski definition) is 3. The van der Waals surface area contributed by atoms with Gasteiger partial charge in [-0.25, -0.2) is 4.68 Å². The van der Waals surface area contributed by atoms with Gasteiger partial charge in [0.15, 0.2) is 0 Å². The van der Waals surface area contributed by atoms with Crippen molar-refractivity contribution in [1.29, 1.82) is 0 Å². The standard InChI is InChI=1S/C16H21N3O/c1-14-4-2-10-18(14)12-13-20-16-7-5-15(6-8-16)19-11-3-9-17-19/h3,5-9,11,14H,2,4,10,12-13H2,1H3/t14-/m1/s1. The molecule has 1 aromatic heterocycles. The van der Waals surface area contributed by atoms with Crippen LogP contribution in [0.2, 0.25) is 0 Å². The van der Waals surface area contributed by atoms with Crippen LogP contribution in [0.15, 0.2) is 42.7 Å². The van der Waals surface area contributed by atoms with Crippen molar-refractivity contribution < 1.29 is 4.74 Å². The third-order valence-corrected chi connectivity index (χ3v) is 3.94. The Morgan fingerprint density at radius 1 is 1.30 bits per heavy atom. The van der Waals surface area contributed by atoms with E-state index in [0.29, 0.717) is 6.04 Å². The number of rotatable bonds is 5. The molecule has 1 saturated heterocycles. The average molecular weight is 271 g/mol. The molecule has 0 radical (unpaired) electrons. The second kappa shape index (κ2) is 6.09. The van der Waals surface area contributed by atoms with Gasteiger partial charge in [-0.05, 0) is 56.6 Å². The molecule has 0 saturated carbocycles. The normalized spacial score (nSPS) is 19.4. The van der Waals surface area contributed by atoms with Gasteiger partial charge in [-0.3, -0.25) is 4.90 Å². The van der Waals surface area contributed by atoms with Gasteiger partial charge in [0.25, 0.3) is 0 Å². The zero-order valence-electron chi connectivity index (χ0n) is 11.9. The first kappa shape index (κ1) is 13.2. The summed E-state index contributed by atoms with van der Waals surface area (Å²) in [7, 11) is 0. The van der Waals surface area contributed by atoms with E-state index in [4.69, 9.17) is 4.74 Å². The molecule has 0 aliphatic carbocycles. The molecule has 0 N–H and O–H groups in total. The van der Waals surface area contributed by atoms with Gasteiger partial charge in [-0.1, -0.05) is 0 Å². The Hall–Kier alpha value is -1.81. The first-order valence-corrected chi connectivity index (χ1v) is 7.30. The molecule has 0 bridgehead atoms. The minimum atomic E-state index is 0.709. The highest BCUT2D eigenvalue weighted by atomic mass is 16.5. The molecule has 2 heterocycles. The summed E-state index contributed by atoms with van der Waals surface area (Å²) in [5.41, 5.74) is 1.05. The fourth-order valence-corrected chi connectivity index (χ4v) is 2.72. The Labute approximate surface area is 120 Å². The first-order valence-electron chi connectivity index (χ1n) is 7.30. The van der Waals surface area contributed by atoms with Crippen LogP contribution in [0.25, 0.3) is 5.69 Å². The SMILES string of the molecule is C[C@@H]1CCCN1CCOc1ccc(-n2cccn2)cc1. The Balaban J connectivity index is 1.51. The molecule has 1 atom stereocenters. The van der Waals surface area contributed by atoms with Gasteiger partial charge in [0.2, 0.25) is 0 Å². The molecule has 1 aromatic carbocycles. The van der Waals surface area contributed by atoms with Gasteiger partial charge >= 0.3 is 0 Å². The highest BCUT2D eigenvalue weighted by molar-refractivity contribution is 5.36. The first-order chi connectivity index (χ1) is 9.83. The molecular weight excluding hydrogens is 250 g/mol. The summed E-state index contributed by atoms with van der Waals surface area (Å²) in [6.07, 6.45) is 6.35. The minimum absolute atomic E-state index is 0.709. The summed E-state index contributed by atoms with van der Waals surface area (Å²) in [4.78, 5) is 2.50. The predicted molar refractivity (Wildman–Crippen MR) is 79.3 cm³/mol. The number of aromatic nitrogens is 2. The predicted octanol–water partition coefficient (Wildman–Crippen LogP) is 2.74. The summed E-state index contributed by atoms with van der Waals surface area (Å²) in [6, 6.07) is 10.7. The van der Waals surface area contributed by atoms with Crippen LogP contribution < -0.4 is 4.74 Å². The maximum absolute atomic E-state index is 5.82. The van der Waals surface area contributed by atoms with Crippen molar-refractivity contribution in [3.8, 4) is 11.4 Å². The number of hydrogen-bond donors (Lipinski definition) is 0. The quantitative estimate of drug-likeness (QED) is 0.837. The van der Waals surface area contributed by atoms with Gasteiger partial charge in [-0.15, -0.1) is 0 Å². The van der Waals surface area contributed by atoms with E-state index < -0.39 is 0 Å². The molecule has 3 rings (SSSR count). The Kier molecular flexibility index (Phi) is 4.02. The van der Waals surface area contributed by atoms with Crippen LogP contribution in [0, 0.1) is 0 Å². The molecule has 20 heavy (non-hydrogen) atoms. The molecule has 0 amide bonds. The molecule has 4 nitrogen and oxygen atoms in total. The van der Waals surface area contributed by atoms with Crippen molar-refractivity contribution in [2.75, 3.05) is 19.7 Å². The van der Waals surface area contributed by atoms with Crippen LogP contribution in [0.5, 0.6) is 5.75 Å². The lowest BCUT2D eigenvalue weighted by atomic mass is 10.2. The van der Waals surface area contributed by atoms with E-state index in [0.717, 1.165) is 24.6 Å². The number of nitrogens with zero attached hydrogens (tertiary/aromatic N) is 3. The van der Waals surface area contributed by atoms with Crippen molar-refractivity contribution in [2.24, 2.45) is 0 Å². The molecular formula is C16H21N3O. The lowest BCUT2D eigenvalue weighted by Crippen LogP contribution is -2.31. The third kappa shape index (κ3) is 3.02. The summed E-state index contributed by atoms with van der Waals surface area (Å²) < 4.78 is 7.66. The molecule has 0 spiro atoms. The van der Waals surface area contributed by atoms with Gasteiger partial charge in [-0.2, -0.15) is 5.10 Å². The fourth-order valence-electron chi connectivity index (χ4n) is 2.72. The van der Waals surface area contributed by atoms with Crippen LogP contribution in [0.1, 0.15) is 19.8 Å². The van der Waals surface area contributed by atoms with Crippen molar-refractivity contribution in [3.63, 3.8) is 0 Å².